The Morgan fingerprint density at radius 2 is 2.33 bits per heavy atom. The molecule has 0 unspecified atom stereocenters. The van der Waals surface area contributed by atoms with Crippen LogP contribution in [-0.2, 0) is 7.05 Å². The van der Waals surface area contributed by atoms with Crippen LogP contribution in [0.15, 0.2) is 6.20 Å². The van der Waals surface area contributed by atoms with Crippen molar-refractivity contribution in [2.45, 2.75) is 32.3 Å². The Bertz CT molecular complexity index is 276. The standard InChI is InChI=1S/C9H14N2O/c1-7-10-6-9(11(7)2)12-8-4-3-5-8/h6,8H,3-5H2,1-2H3. The van der Waals surface area contributed by atoms with Gasteiger partial charge in [-0.25, -0.2) is 4.98 Å². The molecule has 1 aliphatic carbocycles. The van der Waals surface area contributed by atoms with Gasteiger partial charge in [-0.3, -0.25) is 0 Å². The van der Waals surface area contributed by atoms with Gasteiger partial charge < -0.3 is 9.30 Å². The van der Waals surface area contributed by atoms with Gasteiger partial charge >= 0.3 is 0 Å². The number of hydrogen-bond acceptors (Lipinski definition) is 2. The number of hydrogen-bond donors (Lipinski definition) is 0. The number of ether oxygens (including phenoxy) is 1. The summed E-state index contributed by atoms with van der Waals surface area (Å²) in [6.45, 7) is 1.98. The summed E-state index contributed by atoms with van der Waals surface area (Å²) in [4.78, 5) is 4.17. The zero-order chi connectivity index (χ0) is 8.55. The molecule has 66 valence electrons. The molecule has 0 spiro atoms. The van der Waals surface area contributed by atoms with E-state index in [0.717, 1.165) is 11.7 Å². The summed E-state index contributed by atoms with van der Waals surface area (Å²) in [6.07, 6.45) is 5.95. The fraction of sp³-hybridized carbons (Fsp3) is 0.667. The largest absolute Gasteiger partial charge is 0.474 e. The fourth-order valence-electron chi connectivity index (χ4n) is 1.25. The predicted octanol–water partition coefficient (Wildman–Crippen LogP) is 1.66. The van der Waals surface area contributed by atoms with Crippen molar-refractivity contribution in [3.05, 3.63) is 12.0 Å². The van der Waals surface area contributed by atoms with Crippen LogP contribution in [0.4, 0.5) is 0 Å². The average Bonchev–Trinajstić information content (AvgIpc) is 2.27. The first kappa shape index (κ1) is 7.65. The normalized spacial score (nSPS) is 17.5. The maximum Gasteiger partial charge on any atom is 0.213 e. The average molecular weight is 166 g/mol. The summed E-state index contributed by atoms with van der Waals surface area (Å²) in [5, 5.41) is 0. The number of aryl methyl sites for hydroxylation is 1. The van der Waals surface area contributed by atoms with Gasteiger partial charge in [-0.15, -0.1) is 0 Å². The Hall–Kier alpha value is -0.990. The van der Waals surface area contributed by atoms with Gasteiger partial charge in [0.15, 0.2) is 0 Å². The molecule has 3 heteroatoms. The Morgan fingerprint density at radius 1 is 1.58 bits per heavy atom. The quantitative estimate of drug-likeness (QED) is 0.668. The van der Waals surface area contributed by atoms with E-state index in [4.69, 9.17) is 4.74 Å². The van der Waals surface area contributed by atoms with E-state index < -0.39 is 0 Å². The molecule has 0 saturated heterocycles. The minimum absolute atomic E-state index is 0.444. The van der Waals surface area contributed by atoms with E-state index in [1.807, 2.05) is 18.5 Å². The zero-order valence-electron chi connectivity index (χ0n) is 7.58. The second-order valence-electron chi connectivity index (χ2n) is 3.37. The molecule has 0 amide bonds. The van der Waals surface area contributed by atoms with Crippen LogP contribution < -0.4 is 4.74 Å². The number of rotatable bonds is 2. The highest BCUT2D eigenvalue weighted by molar-refractivity contribution is 5.10. The molecule has 0 aliphatic heterocycles. The van der Waals surface area contributed by atoms with Crippen molar-refractivity contribution in [3.63, 3.8) is 0 Å². The van der Waals surface area contributed by atoms with E-state index in [1.165, 1.54) is 19.3 Å². The van der Waals surface area contributed by atoms with Crippen LogP contribution in [0.5, 0.6) is 5.88 Å². The Kier molecular flexibility index (Phi) is 1.79. The zero-order valence-corrected chi connectivity index (χ0v) is 7.58. The van der Waals surface area contributed by atoms with Crippen molar-refractivity contribution < 1.29 is 4.74 Å². The van der Waals surface area contributed by atoms with Gasteiger partial charge in [0, 0.05) is 7.05 Å². The lowest BCUT2D eigenvalue weighted by Crippen LogP contribution is -2.25. The molecule has 1 aromatic rings. The van der Waals surface area contributed by atoms with Gasteiger partial charge in [0.1, 0.15) is 11.9 Å². The van der Waals surface area contributed by atoms with E-state index in [1.54, 1.807) is 6.20 Å². The molecule has 1 heterocycles. The molecular weight excluding hydrogens is 152 g/mol. The molecule has 0 aromatic carbocycles. The highest BCUT2D eigenvalue weighted by Crippen LogP contribution is 2.24. The van der Waals surface area contributed by atoms with Crippen molar-refractivity contribution >= 4 is 0 Å². The summed E-state index contributed by atoms with van der Waals surface area (Å²) >= 11 is 0. The van der Waals surface area contributed by atoms with Crippen LogP contribution in [0.2, 0.25) is 0 Å². The molecule has 0 N–H and O–H groups in total. The third-order valence-corrected chi connectivity index (χ3v) is 2.52. The van der Waals surface area contributed by atoms with E-state index in [2.05, 4.69) is 4.98 Å². The van der Waals surface area contributed by atoms with Gasteiger partial charge in [0.05, 0.1) is 6.20 Å². The molecule has 3 nitrogen and oxygen atoms in total. The van der Waals surface area contributed by atoms with Crippen molar-refractivity contribution in [1.82, 2.24) is 9.55 Å². The molecule has 0 bridgehead atoms. The number of nitrogens with zero attached hydrogens (tertiary/aromatic N) is 2. The predicted molar refractivity (Wildman–Crippen MR) is 46.2 cm³/mol. The molecule has 1 aromatic heterocycles. The minimum atomic E-state index is 0.444. The van der Waals surface area contributed by atoms with Gasteiger partial charge in [0.25, 0.3) is 0 Å². The fourth-order valence-corrected chi connectivity index (χ4v) is 1.25. The first-order valence-corrected chi connectivity index (χ1v) is 4.42. The summed E-state index contributed by atoms with van der Waals surface area (Å²) in [6, 6.07) is 0. The van der Waals surface area contributed by atoms with Crippen LogP contribution in [0.1, 0.15) is 25.1 Å². The number of aromatic nitrogens is 2. The van der Waals surface area contributed by atoms with Crippen LogP contribution in [0.25, 0.3) is 0 Å². The smallest absolute Gasteiger partial charge is 0.213 e. The van der Waals surface area contributed by atoms with Crippen LogP contribution >= 0.6 is 0 Å². The van der Waals surface area contributed by atoms with E-state index in [9.17, 15) is 0 Å². The SMILES string of the molecule is Cc1ncc(OC2CCC2)n1C. The number of imidazole rings is 1. The second-order valence-corrected chi connectivity index (χ2v) is 3.37. The molecule has 1 fully saturated rings. The monoisotopic (exact) mass is 166 g/mol. The lowest BCUT2D eigenvalue weighted by atomic mass is 9.96. The first-order chi connectivity index (χ1) is 5.77. The highest BCUT2D eigenvalue weighted by atomic mass is 16.5. The second kappa shape index (κ2) is 2.81. The maximum absolute atomic E-state index is 5.70. The Morgan fingerprint density at radius 3 is 2.75 bits per heavy atom. The lowest BCUT2D eigenvalue weighted by molar-refractivity contribution is 0.110. The van der Waals surface area contributed by atoms with E-state index in [0.29, 0.717) is 6.10 Å². The molecular formula is C9H14N2O. The van der Waals surface area contributed by atoms with E-state index in [-0.39, 0.29) is 0 Å². The van der Waals surface area contributed by atoms with Gasteiger partial charge in [-0.2, -0.15) is 0 Å². The molecule has 12 heavy (non-hydrogen) atoms. The van der Waals surface area contributed by atoms with Gasteiger partial charge in [0.2, 0.25) is 5.88 Å². The van der Waals surface area contributed by atoms with Crippen LogP contribution in [-0.4, -0.2) is 15.7 Å². The Balaban J connectivity index is 2.06. The minimum Gasteiger partial charge on any atom is -0.474 e. The molecule has 1 aliphatic rings. The molecule has 0 atom stereocenters. The summed E-state index contributed by atoms with van der Waals surface area (Å²) in [7, 11) is 1.98. The summed E-state index contributed by atoms with van der Waals surface area (Å²) < 4.78 is 7.69. The maximum atomic E-state index is 5.70. The van der Waals surface area contributed by atoms with Crippen molar-refractivity contribution in [2.75, 3.05) is 0 Å². The lowest BCUT2D eigenvalue weighted by Gasteiger charge is -2.26. The van der Waals surface area contributed by atoms with Gasteiger partial charge in [-0.05, 0) is 26.2 Å². The third-order valence-electron chi connectivity index (χ3n) is 2.52. The van der Waals surface area contributed by atoms with Crippen LogP contribution in [0.3, 0.4) is 0 Å². The van der Waals surface area contributed by atoms with Crippen LogP contribution in [0, 0.1) is 6.92 Å². The third kappa shape index (κ3) is 1.19. The van der Waals surface area contributed by atoms with E-state index >= 15 is 0 Å². The van der Waals surface area contributed by atoms with Gasteiger partial charge in [-0.1, -0.05) is 0 Å². The topological polar surface area (TPSA) is 27.1 Å². The first-order valence-electron chi connectivity index (χ1n) is 4.42. The van der Waals surface area contributed by atoms with Crippen molar-refractivity contribution in [2.24, 2.45) is 7.05 Å². The van der Waals surface area contributed by atoms with Crippen molar-refractivity contribution in [3.8, 4) is 5.88 Å². The molecule has 2 rings (SSSR count). The summed E-state index contributed by atoms with van der Waals surface area (Å²) in [5.41, 5.74) is 0. The summed E-state index contributed by atoms with van der Waals surface area (Å²) in [5.74, 6) is 1.90. The highest BCUT2D eigenvalue weighted by Gasteiger charge is 2.20. The van der Waals surface area contributed by atoms with Crippen molar-refractivity contribution in [1.29, 1.82) is 0 Å². The molecule has 1 saturated carbocycles. The molecule has 0 radical (unpaired) electrons. The Labute approximate surface area is 72.4 Å².